The van der Waals surface area contributed by atoms with Gasteiger partial charge in [0.2, 0.25) is 11.8 Å². The third-order valence-electron chi connectivity index (χ3n) is 6.02. The van der Waals surface area contributed by atoms with Gasteiger partial charge in [-0.05, 0) is 26.0 Å². The molecule has 2 aromatic rings. The highest BCUT2D eigenvalue weighted by Gasteiger charge is 2.59. The molecule has 7 nitrogen and oxygen atoms in total. The van der Waals surface area contributed by atoms with Crippen molar-refractivity contribution >= 4 is 28.9 Å². The Labute approximate surface area is 179 Å². The van der Waals surface area contributed by atoms with Gasteiger partial charge in [-0.1, -0.05) is 12.1 Å². The van der Waals surface area contributed by atoms with Crippen LogP contribution in [0.25, 0.3) is 0 Å². The molecule has 2 aliphatic heterocycles. The van der Waals surface area contributed by atoms with Crippen LogP contribution in [-0.2, 0) is 16.0 Å². The Morgan fingerprint density at radius 1 is 1.30 bits per heavy atom. The molecule has 1 saturated heterocycles. The van der Waals surface area contributed by atoms with Crippen molar-refractivity contribution in [3.63, 3.8) is 0 Å². The maximum atomic E-state index is 13.6. The number of likely N-dealkylation sites (tertiary alicyclic amines) is 1. The zero-order valence-electron chi connectivity index (χ0n) is 17.6. The molecular formula is C22H25N3O4S. The van der Waals surface area contributed by atoms with Crippen LogP contribution in [0.3, 0.4) is 0 Å². The fourth-order valence-electron chi connectivity index (χ4n) is 4.41. The number of aryl methyl sites for hydroxylation is 2. The second-order valence-electron chi connectivity index (χ2n) is 8.25. The van der Waals surface area contributed by atoms with Gasteiger partial charge < -0.3 is 14.5 Å². The zero-order valence-corrected chi connectivity index (χ0v) is 18.4. The van der Waals surface area contributed by atoms with Crippen molar-refractivity contribution in [1.82, 2.24) is 14.8 Å². The summed E-state index contributed by atoms with van der Waals surface area (Å²) in [6.07, 6.45) is 0.224. The Kier molecular flexibility index (Phi) is 5.13. The summed E-state index contributed by atoms with van der Waals surface area (Å²) in [6.45, 7) is 4.29. The molecule has 1 fully saturated rings. The molecule has 158 valence electrons. The standard InChI is InChI=1S/C22H25N3O4S/c1-13-18(30-14(2)23-13)9-19(26)25-10-16(21(28)24(3)4)22(11-25)12-29-17-8-6-5-7-15(17)20(22)27/h5-8,16H,9-12H2,1-4H3/t16-,22-/m1/s1. The largest absolute Gasteiger partial charge is 0.492 e. The lowest BCUT2D eigenvalue weighted by Gasteiger charge is -2.37. The second-order valence-corrected chi connectivity index (χ2v) is 9.54. The highest BCUT2D eigenvalue weighted by Crippen LogP contribution is 2.45. The first-order valence-corrected chi connectivity index (χ1v) is 10.7. The summed E-state index contributed by atoms with van der Waals surface area (Å²) in [5, 5.41) is 0.918. The summed E-state index contributed by atoms with van der Waals surface area (Å²) in [5.41, 5.74) is 0.263. The molecule has 2 amide bonds. The number of thiazole rings is 1. The van der Waals surface area contributed by atoms with Gasteiger partial charge in [0.1, 0.15) is 12.4 Å². The quantitative estimate of drug-likeness (QED) is 0.750. The molecule has 0 bridgehead atoms. The number of ether oxygens (including phenoxy) is 1. The van der Waals surface area contributed by atoms with Crippen molar-refractivity contribution < 1.29 is 19.1 Å². The Morgan fingerprint density at radius 2 is 2.03 bits per heavy atom. The molecule has 1 spiro atoms. The molecule has 2 atom stereocenters. The van der Waals surface area contributed by atoms with Crippen molar-refractivity contribution in [2.75, 3.05) is 33.8 Å². The first-order chi connectivity index (χ1) is 14.2. The van der Waals surface area contributed by atoms with E-state index < -0.39 is 11.3 Å². The van der Waals surface area contributed by atoms with Crippen molar-refractivity contribution in [3.8, 4) is 5.75 Å². The fraction of sp³-hybridized carbons (Fsp3) is 0.455. The lowest BCUT2D eigenvalue weighted by molar-refractivity contribution is -0.135. The number of carbonyl (C=O) groups excluding carboxylic acids is 3. The van der Waals surface area contributed by atoms with Crippen molar-refractivity contribution in [3.05, 3.63) is 45.4 Å². The summed E-state index contributed by atoms with van der Waals surface area (Å²) in [5.74, 6) is -0.482. The van der Waals surface area contributed by atoms with E-state index in [0.717, 1.165) is 15.6 Å². The van der Waals surface area contributed by atoms with Gasteiger partial charge in [-0.3, -0.25) is 14.4 Å². The molecule has 0 N–H and O–H groups in total. The Hall–Kier alpha value is -2.74. The Balaban J connectivity index is 1.66. The van der Waals surface area contributed by atoms with E-state index in [2.05, 4.69) is 4.98 Å². The third-order valence-corrected chi connectivity index (χ3v) is 7.09. The average Bonchev–Trinajstić information content (AvgIpc) is 3.25. The van der Waals surface area contributed by atoms with E-state index in [1.54, 1.807) is 37.2 Å². The molecule has 0 aliphatic carbocycles. The number of hydrogen-bond donors (Lipinski definition) is 0. The maximum Gasteiger partial charge on any atom is 0.228 e. The normalized spacial score (nSPS) is 22.7. The molecule has 0 radical (unpaired) electrons. The number of hydrogen-bond acceptors (Lipinski definition) is 6. The van der Waals surface area contributed by atoms with Crippen LogP contribution in [-0.4, -0.2) is 66.2 Å². The van der Waals surface area contributed by atoms with Gasteiger partial charge >= 0.3 is 0 Å². The minimum Gasteiger partial charge on any atom is -0.492 e. The van der Waals surface area contributed by atoms with E-state index in [9.17, 15) is 14.4 Å². The Bertz CT molecular complexity index is 1030. The summed E-state index contributed by atoms with van der Waals surface area (Å²) in [4.78, 5) is 48.2. The lowest BCUT2D eigenvalue weighted by atomic mass is 9.71. The maximum absolute atomic E-state index is 13.6. The molecule has 2 aliphatic rings. The summed E-state index contributed by atoms with van der Waals surface area (Å²) < 4.78 is 5.92. The van der Waals surface area contributed by atoms with Gasteiger partial charge in [-0.25, -0.2) is 4.98 Å². The number of rotatable bonds is 3. The second kappa shape index (κ2) is 7.50. The van der Waals surface area contributed by atoms with E-state index in [0.29, 0.717) is 11.3 Å². The fourth-order valence-corrected chi connectivity index (χ4v) is 5.34. The number of para-hydroxylation sites is 1. The van der Waals surface area contributed by atoms with Crippen LogP contribution in [0, 0.1) is 25.2 Å². The van der Waals surface area contributed by atoms with Crippen molar-refractivity contribution in [2.24, 2.45) is 11.3 Å². The molecule has 4 rings (SSSR count). The number of ketones is 1. The van der Waals surface area contributed by atoms with E-state index in [1.165, 1.54) is 16.2 Å². The number of benzene rings is 1. The predicted molar refractivity (Wildman–Crippen MR) is 113 cm³/mol. The van der Waals surface area contributed by atoms with Gasteiger partial charge in [0.25, 0.3) is 0 Å². The van der Waals surface area contributed by atoms with Crippen molar-refractivity contribution in [2.45, 2.75) is 20.3 Å². The smallest absolute Gasteiger partial charge is 0.228 e. The molecule has 1 aromatic carbocycles. The molecule has 0 saturated carbocycles. The zero-order chi connectivity index (χ0) is 21.6. The van der Waals surface area contributed by atoms with Gasteiger partial charge in [-0.2, -0.15) is 0 Å². The van der Waals surface area contributed by atoms with Gasteiger partial charge in [0, 0.05) is 32.1 Å². The minimum atomic E-state index is -1.07. The first-order valence-electron chi connectivity index (χ1n) is 9.91. The predicted octanol–water partition coefficient (Wildman–Crippen LogP) is 2.11. The number of Topliss-reactive ketones (excluding diaryl/α,β-unsaturated/α-hetero) is 1. The SMILES string of the molecule is Cc1nc(C)c(CC(=O)N2C[C@H](C(=O)N(C)C)[C@]3(COc4ccccc4C3=O)C2)s1. The molecule has 0 unspecified atom stereocenters. The average molecular weight is 428 g/mol. The van der Waals surface area contributed by atoms with E-state index in [4.69, 9.17) is 4.74 Å². The van der Waals surface area contributed by atoms with Crippen LogP contribution >= 0.6 is 11.3 Å². The number of carbonyl (C=O) groups is 3. The highest BCUT2D eigenvalue weighted by atomic mass is 32.1. The molecule has 3 heterocycles. The summed E-state index contributed by atoms with van der Waals surface area (Å²) >= 11 is 1.51. The van der Waals surface area contributed by atoms with Crippen LogP contribution in [0.15, 0.2) is 24.3 Å². The summed E-state index contributed by atoms with van der Waals surface area (Å²) in [6, 6.07) is 7.09. The molecule has 30 heavy (non-hydrogen) atoms. The van der Waals surface area contributed by atoms with Gasteiger partial charge in [0.05, 0.1) is 34.0 Å². The molecular weight excluding hydrogens is 402 g/mol. The summed E-state index contributed by atoms with van der Waals surface area (Å²) in [7, 11) is 3.35. The highest BCUT2D eigenvalue weighted by molar-refractivity contribution is 7.11. The van der Waals surface area contributed by atoms with E-state index >= 15 is 0 Å². The number of fused-ring (bicyclic) bond motifs is 1. The van der Waals surface area contributed by atoms with Crippen LogP contribution in [0.4, 0.5) is 0 Å². The molecule has 1 aromatic heterocycles. The van der Waals surface area contributed by atoms with Crippen LogP contribution in [0.5, 0.6) is 5.75 Å². The Morgan fingerprint density at radius 3 is 2.70 bits per heavy atom. The minimum absolute atomic E-state index is 0.0928. The van der Waals surface area contributed by atoms with E-state index in [-0.39, 0.29) is 43.7 Å². The van der Waals surface area contributed by atoms with E-state index in [1.807, 2.05) is 19.9 Å². The third kappa shape index (κ3) is 3.29. The van der Waals surface area contributed by atoms with Gasteiger partial charge in [0.15, 0.2) is 5.78 Å². The van der Waals surface area contributed by atoms with Gasteiger partial charge in [-0.15, -0.1) is 11.3 Å². The van der Waals surface area contributed by atoms with Crippen LogP contribution in [0.1, 0.15) is 25.9 Å². The monoisotopic (exact) mass is 427 g/mol. The number of amides is 2. The van der Waals surface area contributed by atoms with Crippen molar-refractivity contribution in [1.29, 1.82) is 0 Å². The molecule has 8 heteroatoms. The van der Waals surface area contributed by atoms with Crippen LogP contribution in [0.2, 0.25) is 0 Å². The topological polar surface area (TPSA) is 79.8 Å². The van der Waals surface area contributed by atoms with Crippen LogP contribution < -0.4 is 4.74 Å². The lowest BCUT2D eigenvalue weighted by Crippen LogP contribution is -2.51. The number of aromatic nitrogens is 1. The first kappa shape index (κ1) is 20.5. The number of nitrogens with zero attached hydrogens (tertiary/aromatic N) is 3.